The molecule has 0 bridgehead atoms. The van der Waals surface area contributed by atoms with E-state index in [0.717, 1.165) is 5.56 Å². The SMILES string of the molecule is Cc1cc(F)ccc1C(=O)NCCc1cccc(F)c1. The number of carbonyl (C=O) groups is 1. The van der Waals surface area contributed by atoms with Crippen molar-refractivity contribution in [3.63, 3.8) is 0 Å². The van der Waals surface area contributed by atoms with Gasteiger partial charge in [0.05, 0.1) is 0 Å². The van der Waals surface area contributed by atoms with E-state index in [1.807, 2.05) is 0 Å². The third-order valence-electron chi connectivity index (χ3n) is 3.02. The van der Waals surface area contributed by atoms with Crippen molar-refractivity contribution in [3.8, 4) is 0 Å². The molecule has 0 spiro atoms. The van der Waals surface area contributed by atoms with Crippen LogP contribution in [0.5, 0.6) is 0 Å². The van der Waals surface area contributed by atoms with Crippen LogP contribution in [0.1, 0.15) is 21.5 Å². The fraction of sp³-hybridized carbons (Fsp3) is 0.188. The fourth-order valence-corrected chi connectivity index (χ4v) is 1.99. The molecule has 1 amide bonds. The Balaban J connectivity index is 1.92. The molecule has 2 aromatic carbocycles. The van der Waals surface area contributed by atoms with E-state index in [2.05, 4.69) is 5.32 Å². The molecule has 0 radical (unpaired) electrons. The van der Waals surface area contributed by atoms with E-state index in [1.165, 1.54) is 30.3 Å². The molecule has 104 valence electrons. The van der Waals surface area contributed by atoms with Gasteiger partial charge in [0.1, 0.15) is 11.6 Å². The summed E-state index contributed by atoms with van der Waals surface area (Å²) in [7, 11) is 0. The average Bonchev–Trinajstić information content (AvgIpc) is 2.38. The number of rotatable bonds is 4. The Kier molecular flexibility index (Phi) is 4.45. The number of hydrogen-bond acceptors (Lipinski definition) is 1. The van der Waals surface area contributed by atoms with Gasteiger partial charge in [-0.05, 0) is 54.8 Å². The number of carbonyl (C=O) groups excluding carboxylic acids is 1. The van der Waals surface area contributed by atoms with Gasteiger partial charge in [0.15, 0.2) is 0 Å². The first kappa shape index (κ1) is 14.2. The normalized spacial score (nSPS) is 10.3. The zero-order valence-corrected chi connectivity index (χ0v) is 11.1. The lowest BCUT2D eigenvalue weighted by atomic mass is 10.1. The van der Waals surface area contributed by atoms with Gasteiger partial charge in [-0.3, -0.25) is 4.79 Å². The Hall–Kier alpha value is -2.23. The number of aryl methyl sites for hydroxylation is 1. The Labute approximate surface area is 116 Å². The predicted octanol–water partition coefficient (Wildman–Crippen LogP) is 3.25. The molecule has 2 rings (SSSR count). The minimum Gasteiger partial charge on any atom is -0.352 e. The molecule has 2 nitrogen and oxygen atoms in total. The fourth-order valence-electron chi connectivity index (χ4n) is 1.99. The van der Waals surface area contributed by atoms with Crippen LogP contribution in [-0.2, 0) is 6.42 Å². The second-order valence-corrected chi connectivity index (χ2v) is 4.60. The summed E-state index contributed by atoms with van der Waals surface area (Å²) in [6.07, 6.45) is 0.545. The van der Waals surface area contributed by atoms with Crippen LogP contribution < -0.4 is 5.32 Å². The molecule has 0 fully saturated rings. The van der Waals surface area contributed by atoms with Crippen molar-refractivity contribution in [1.29, 1.82) is 0 Å². The Morgan fingerprint density at radius 3 is 2.55 bits per heavy atom. The second kappa shape index (κ2) is 6.28. The number of halogens is 2. The van der Waals surface area contributed by atoms with Crippen molar-refractivity contribution in [2.45, 2.75) is 13.3 Å². The van der Waals surface area contributed by atoms with E-state index in [-0.39, 0.29) is 17.5 Å². The highest BCUT2D eigenvalue weighted by atomic mass is 19.1. The van der Waals surface area contributed by atoms with Crippen LogP contribution in [0.15, 0.2) is 42.5 Å². The van der Waals surface area contributed by atoms with Crippen molar-refractivity contribution in [3.05, 3.63) is 70.8 Å². The topological polar surface area (TPSA) is 29.1 Å². The molecule has 0 aliphatic carbocycles. The van der Waals surface area contributed by atoms with Gasteiger partial charge in [0.2, 0.25) is 0 Å². The second-order valence-electron chi connectivity index (χ2n) is 4.60. The molecule has 1 N–H and O–H groups in total. The van der Waals surface area contributed by atoms with Gasteiger partial charge in [-0.1, -0.05) is 12.1 Å². The third-order valence-corrected chi connectivity index (χ3v) is 3.02. The van der Waals surface area contributed by atoms with Crippen LogP contribution in [0.3, 0.4) is 0 Å². The van der Waals surface area contributed by atoms with Gasteiger partial charge in [0.25, 0.3) is 5.91 Å². The van der Waals surface area contributed by atoms with Crippen molar-refractivity contribution < 1.29 is 13.6 Å². The first-order valence-corrected chi connectivity index (χ1v) is 6.35. The lowest BCUT2D eigenvalue weighted by Crippen LogP contribution is -2.26. The lowest BCUT2D eigenvalue weighted by molar-refractivity contribution is 0.0953. The summed E-state index contributed by atoms with van der Waals surface area (Å²) < 4.78 is 25.9. The molecule has 20 heavy (non-hydrogen) atoms. The molecule has 0 heterocycles. The molecule has 0 aliphatic rings. The van der Waals surface area contributed by atoms with Crippen LogP contribution in [0.2, 0.25) is 0 Å². The summed E-state index contributed by atoms with van der Waals surface area (Å²) in [4.78, 5) is 11.9. The molecule has 0 saturated heterocycles. The van der Waals surface area contributed by atoms with E-state index in [0.29, 0.717) is 24.1 Å². The van der Waals surface area contributed by atoms with Gasteiger partial charge >= 0.3 is 0 Å². The minimum atomic E-state index is -0.362. The number of benzene rings is 2. The smallest absolute Gasteiger partial charge is 0.251 e. The van der Waals surface area contributed by atoms with E-state index >= 15 is 0 Å². The third kappa shape index (κ3) is 3.63. The number of hydrogen-bond donors (Lipinski definition) is 1. The largest absolute Gasteiger partial charge is 0.352 e. The highest BCUT2D eigenvalue weighted by molar-refractivity contribution is 5.95. The van der Waals surface area contributed by atoms with Crippen molar-refractivity contribution >= 4 is 5.91 Å². The van der Waals surface area contributed by atoms with Crippen LogP contribution in [0.25, 0.3) is 0 Å². The number of amides is 1. The van der Waals surface area contributed by atoms with E-state index in [1.54, 1.807) is 19.1 Å². The maximum atomic E-state index is 13.0. The van der Waals surface area contributed by atoms with E-state index in [9.17, 15) is 13.6 Å². The first-order chi connectivity index (χ1) is 9.56. The van der Waals surface area contributed by atoms with Crippen molar-refractivity contribution in [1.82, 2.24) is 5.32 Å². The Morgan fingerprint density at radius 1 is 1.10 bits per heavy atom. The Bertz CT molecular complexity index is 626. The van der Waals surface area contributed by atoms with Gasteiger partial charge in [-0.15, -0.1) is 0 Å². The minimum absolute atomic E-state index is 0.251. The van der Waals surface area contributed by atoms with Crippen molar-refractivity contribution in [2.24, 2.45) is 0 Å². The zero-order chi connectivity index (χ0) is 14.5. The molecular weight excluding hydrogens is 260 g/mol. The molecule has 0 unspecified atom stereocenters. The highest BCUT2D eigenvalue weighted by Crippen LogP contribution is 2.10. The van der Waals surface area contributed by atoms with Gasteiger partial charge in [-0.2, -0.15) is 0 Å². The zero-order valence-electron chi connectivity index (χ0n) is 11.1. The summed E-state index contributed by atoms with van der Waals surface area (Å²) in [5.74, 6) is -0.902. The maximum absolute atomic E-state index is 13.0. The Morgan fingerprint density at radius 2 is 1.85 bits per heavy atom. The van der Waals surface area contributed by atoms with Crippen LogP contribution in [0, 0.1) is 18.6 Å². The van der Waals surface area contributed by atoms with Gasteiger partial charge in [0, 0.05) is 12.1 Å². The molecule has 0 saturated carbocycles. The maximum Gasteiger partial charge on any atom is 0.251 e. The quantitative estimate of drug-likeness (QED) is 0.911. The summed E-state index contributed by atoms with van der Waals surface area (Å²) in [6, 6.07) is 10.3. The molecule has 0 aliphatic heterocycles. The van der Waals surface area contributed by atoms with Crippen LogP contribution in [-0.4, -0.2) is 12.5 Å². The summed E-state index contributed by atoms with van der Waals surface area (Å²) in [5, 5.41) is 2.74. The summed E-state index contributed by atoms with van der Waals surface area (Å²) in [6.45, 7) is 2.09. The standard InChI is InChI=1S/C16H15F2NO/c1-11-9-14(18)5-6-15(11)16(20)19-8-7-12-3-2-4-13(17)10-12/h2-6,9-10H,7-8H2,1H3,(H,19,20). The molecule has 0 aromatic heterocycles. The summed E-state index contributed by atoms with van der Waals surface area (Å²) >= 11 is 0. The first-order valence-electron chi connectivity index (χ1n) is 6.35. The molecular formula is C16H15F2NO. The van der Waals surface area contributed by atoms with Crippen LogP contribution >= 0.6 is 0 Å². The highest BCUT2D eigenvalue weighted by Gasteiger charge is 2.08. The van der Waals surface area contributed by atoms with E-state index in [4.69, 9.17) is 0 Å². The molecule has 0 atom stereocenters. The van der Waals surface area contributed by atoms with Gasteiger partial charge < -0.3 is 5.32 Å². The monoisotopic (exact) mass is 275 g/mol. The lowest BCUT2D eigenvalue weighted by Gasteiger charge is -2.08. The molecule has 2 aromatic rings. The predicted molar refractivity (Wildman–Crippen MR) is 73.6 cm³/mol. The number of nitrogens with one attached hydrogen (secondary N) is 1. The van der Waals surface area contributed by atoms with Crippen LogP contribution in [0.4, 0.5) is 8.78 Å². The van der Waals surface area contributed by atoms with E-state index < -0.39 is 0 Å². The van der Waals surface area contributed by atoms with Crippen molar-refractivity contribution in [2.75, 3.05) is 6.54 Å². The summed E-state index contributed by atoms with van der Waals surface area (Å²) in [5.41, 5.74) is 1.86. The van der Waals surface area contributed by atoms with Gasteiger partial charge in [-0.25, -0.2) is 8.78 Å². The average molecular weight is 275 g/mol. The molecule has 4 heteroatoms.